The molecule has 0 aliphatic heterocycles. The second-order valence-corrected chi connectivity index (χ2v) is 4.09. The predicted molar refractivity (Wildman–Crippen MR) is 69.2 cm³/mol. The number of rotatable bonds is 4. The SMILES string of the molecule is CCNC(=O)NC(=O)COc1ccc(Cl)c(Cl)c1. The summed E-state index contributed by atoms with van der Waals surface area (Å²) in [5, 5.41) is 5.26. The van der Waals surface area contributed by atoms with Crippen molar-refractivity contribution in [3.05, 3.63) is 28.2 Å². The average molecular weight is 291 g/mol. The number of halogens is 2. The lowest BCUT2D eigenvalue weighted by Gasteiger charge is -2.07. The minimum atomic E-state index is -0.555. The highest BCUT2D eigenvalue weighted by atomic mass is 35.5. The molecular weight excluding hydrogens is 279 g/mol. The number of ether oxygens (including phenoxy) is 1. The molecule has 0 saturated heterocycles. The zero-order valence-corrected chi connectivity index (χ0v) is 11.1. The monoisotopic (exact) mass is 290 g/mol. The molecule has 0 heterocycles. The summed E-state index contributed by atoms with van der Waals surface area (Å²) in [6.07, 6.45) is 0. The van der Waals surface area contributed by atoms with Gasteiger partial charge in [0.15, 0.2) is 6.61 Å². The van der Waals surface area contributed by atoms with Crippen LogP contribution in [0.5, 0.6) is 5.75 Å². The molecule has 2 N–H and O–H groups in total. The Labute approximate surface area is 114 Å². The smallest absolute Gasteiger partial charge is 0.321 e. The van der Waals surface area contributed by atoms with Crippen LogP contribution in [0.15, 0.2) is 18.2 Å². The molecule has 3 amide bonds. The van der Waals surface area contributed by atoms with E-state index in [2.05, 4.69) is 10.6 Å². The van der Waals surface area contributed by atoms with Gasteiger partial charge < -0.3 is 10.1 Å². The lowest BCUT2D eigenvalue weighted by atomic mass is 10.3. The Morgan fingerprint density at radius 3 is 2.61 bits per heavy atom. The molecule has 0 radical (unpaired) electrons. The quantitative estimate of drug-likeness (QED) is 0.893. The zero-order chi connectivity index (χ0) is 13.5. The van der Waals surface area contributed by atoms with Crippen molar-refractivity contribution in [2.24, 2.45) is 0 Å². The van der Waals surface area contributed by atoms with Crippen LogP contribution in [0.4, 0.5) is 4.79 Å². The standard InChI is InChI=1S/C11H12Cl2N2O3/c1-2-14-11(17)15-10(16)6-18-7-3-4-8(12)9(13)5-7/h3-5H,2,6H2,1H3,(H2,14,15,16,17). The molecule has 0 unspecified atom stereocenters. The van der Waals surface area contributed by atoms with Gasteiger partial charge >= 0.3 is 6.03 Å². The number of hydrogen-bond donors (Lipinski definition) is 2. The summed E-state index contributed by atoms with van der Waals surface area (Å²) in [5.41, 5.74) is 0. The van der Waals surface area contributed by atoms with Crippen LogP contribution < -0.4 is 15.4 Å². The maximum Gasteiger partial charge on any atom is 0.321 e. The Hall–Kier alpha value is -1.46. The summed E-state index contributed by atoms with van der Waals surface area (Å²) in [6.45, 7) is 1.90. The van der Waals surface area contributed by atoms with Crippen LogP contribution in [-0.2, 0) is 4.79 Å². The van der Waals surface area contributed by atoms with Crippen LogP contribution in [0.1, 0.15) is 6.92 Å². The molecule has 0 aliphatic rings. The molecule has 0 aromatic heterocycles. The first kappa shape index (κ1) is 14.6. The molecule has 1 aromatic carbocycles. The second kappa shape index (κ2) is 7.08. The highest BCUT2D eigenvalue weighted by molar-refractivity contribution is 6.42. The van der Waals surface area contributed by atoms with Crippen LogP contribution in [-0.4, -0.2) is 25.1 Å². The minimum Gasteiger partial charge on any atom is -0.484 e. The lowest BCUT2D eigenvalue weighted by molar-refractivity contribution is -0.122. The number of carbonyl (C=O) groups excluding carboxylic acids is 2. The Bertz CT molecular complexity index is 452. The van der Waals surface area contributed by atoms with E-state index in [4.69, 9.17) is 27.9 Å². The fourth-order valence-corrected chi connectivity index (χ4v) is 1.37. The first-order valence-corrected chi connectivity index (χ1v) is 5.94. The van der Waals surface area contributed by atoms with Crippen molar-refractivity contribution < 1.29 is 14.3 Å². The van der Waals surface area contributed by atoms with E-state index in [0.717, 1.165) is 0 Å². The van der Waals surface area contributed by atoms with E-state index >= 15 is 0 Å². The fourth-order valence-electron chi connectivity index (χ4n) is 1.08. The molecule has 0 fully saturated rings. The van der Waals surface area contributed by atoms with Gasteiger partial charge in [-0.3, -0.25) is 10.1 Å². The molecule has 0 saturated carbocycles. The molecule has 0 bridgehead atoms. The van der Waals surface area contributed by atoms with E-state index in [1.807, 2.05) is 0 Å². The van der Waals surface area contributed by atoms with E-state index in [-0.39, 0.29) is 6.61 Å². The largest absolute Gasteiger partial charge is 0.484 e. The highest BCUT2D eigenvalue weighted by Gasteiger charge is 2.08. The number of nitrogens with one attached hydrogen (secondary N) is 2. The molecule has 7 heteroatoms. The number of hydrogen-bond acceptors (Lipinski definition) is 3. The fraction of sp³-hybridized carbons (Fsp3) is 0.273. The van der Waals surface area contributed by atoms with Gasteiger partial charge in [-0.1, -0.05) is 23.2 Å². The minimum absolute atomic E-state index is 0.283. The van der Waals surface area contributed by atoms with Gasteiger partial charge in [0.2, 0.25) is 0 Å². The van der Waals surface area contributed by atoms with E-state index in [0.29, 0.717) is 22.3 Å². The lowest BCUT2D eigenvalue weighted by Crippen LogP contribution is -2.41. The number of urea groups is 1. The highest BCUT2D eigenvalue weighted by Crippen LogP contribution is 2.26. The second-order valence-electron chi connectivity index (χ2n) is 3.27. The van der Waals surface area contributed by atoms with Crippen LogP contribution in [0.3, 0.4) is 0 Å². The molecule has 5 nitrogen and oxygen atoms in total. The van der Waals surface area contributed by atoms with Gasteiger partial charge in [-0.25, -0.2) is 4.79 Å². The number of benzene rings is 1. The van der Waals surface area contributed by atoms with E-state index in [1.54, 1.807) is 19.1 Å². The van der Waals surface area contributed by atoms with Crippen molar-refractivity contribution in [3.8, 4) is 5.75 Å². The van der Waals surface area contributed by atoms with Gasteiger partial charge in [-0.05, 0) is 19.1 Å². The maximum atomic E-state index is 11.3. The predicted octanol–water partition coefficient (Wildman–Crippen LogP) is 2.22. The average Bonchev–Trinajstić information content (AvgIpc) is 2.31. The van der Waals surface area contributed by atoms with Crippen molar-refractivity contribution in [3.63, 3.8) is 0 Å². The van der Waals surface area contributed by atoms with Crippen molar-refractivity contribution in [2.45, 2.75) is 6.92 Å². The molecule has 1 rings (SSSR count). The van der Waals surface area contributed by atoms with Gasteiger partial charge in [-0.15, -0.1) is 0 Å². The van der Waals surface area contributed by atoms with Gasteiger partial charge in [0.05, 0.1) is 10.0 Å². The van der Waals surface area contributed by atoms with Crippen molar-refractivity contribution in [1.29, 1.82) is 0 Å². The van der Waals surface area contributed by atoms with Gasteiger partial charge in [0.1, 0.15) is 5.75 Å². The normalized spacial score (nSPS) is 9.72. The maximum absolute atomic E-state index is 11.3. The van der Waals surface area contributed by atoms with Crippen molar-refractivity contribution in [2.75, 3.05) is 13.2 Å². The number of amides is 3. The summed E-state index contributed by atoms with van der Waals surface area (Å²) in [4.78, 5) is 22.3. The van der Waals surface area contributed by atoms with Crippen LogP contribution in [0.25, 0.3) is 0 Å². The van der Waals surface area contributed by atoms with Crippen LogP contribution >= 0.6 is 23.2 Å². The zero-order valence-electron chi connectivity index (χ0n) is 9.63. The van der Waals surface area contributed by atoms with Crippen molar-refractivity contribution >= 4 is 35.1 Å². The Kier molecular flexibility index (Phi) is 5.74. The third-order valence-electron chi connectivity index (χ3n) is 1.85. The third kappa shape index (κ3) is 4.81. The summed E-state index contributed by atoms with van der Waals surface area (Å²) in [5.74, 6) is -0.150. The Morgan fingerprint density at radius 2 is 2.00 bits per heavy atom. The summed E-state index contributed by atoms with van der Waals surface area (Å²) in [6, 6.07) is 4.07. The van der Waals surface area contributed by atoms with Crippen molar-refractivity contribution in [1.82, 2.24) is 10.6 Å². The summed E-state index contributed by atoms with van der Waals surface area (Å²) >= 11 is 11.5. The number of imide groups is 1. The number of carbonyl (C=O) groups is 2. The van der Waals surface area contributed by atoms with E-state index < -0.39 is 11.9 Å². The van der Waals surface area contributed by atoms with Gasteiger partial charge in [0, 0.05) is 12.6 Å². The van der Waals surface area contributed by atoms with E-state index in [9.17, 15) is 9.59 Å². The molecule has 0 atom stereocenters. The molecule has 0 aliphatic carbocycles. The first-order valence-electron chi connectivity index (χ1n) is 5.18. The molecule has 98 valence electrons. The van der Waals surface area contributed by atoms with Crippen LogP contribution in [0, 0.1) is 0 Å². The third-order valence-corrected chi connectivity index (χ3v) is 2.59. The Morgan fingerprint density at radius 1 is 1.28 bits per heavy atom. The summed E-state index contributed by atoms with van der Waals surface area (Å²) in [7, 11) is 0. The van der Waals surface area contributed by atoms with Crippen LogP contribution in [0.2, 0.25) is 10.0 Å². The summed E-state index contributed by atoms with van der Waals surface area (Å²) < 4.78 is 5.15. The van der Waals surface area contributed by atoms with E-state index in [1.165, 1.54) is 6.07 Å². The Balaban J connectivity index is 2.42. The topological polar surface area (TPSA) is 67.4 Å². The molecular formula is C11H12Cl2N2O3. The van der Waals surface area contributed by atoms with Gasteiger partial charge in [-0.2, -0.15) is 0 Å². The molecule has 0 spiro atoms. The molecule has 1 aromatic rings. The first-order chi connectivity index (χ1) is 8.52. The van der Waals surface area contributed by atoms with Gasteiger partial charge in [0.25, 0.3) is 5.91 Å². The molecule has 18 heavy (non-hydrogen) atoms.